The number of benzene rings is 1. The lowest BCUT2D eigenvalue weighted by Crippen LogP contribution is -2.20. The van der Waals surface area contributed by atoms with Crippen molar-refractivity contribution in [2.24, 2.45) is 0 Å². The fourth-order valence-corrected chi connectivity index (χ4v) is 3.13. The number of rotatable bonds is 5. The summed E-state index contributed by atoms with van der Waals surface area (Å²) < 4.78 is 10.8. The highest BCUT2D eigenvalue weighted by Crippen LogP contribution is 2.36. The van der Waals surface area contributed by atoms with Crippen molar-refractivity contribution in [3.8, 4) is 0 Å². The summed E-state index contributed by atoms with van der Waals surface area (Å²) in [6, 6.07) is 8.61. The van der Waals surface area contributed by atoms with E-state index in [-0.39, 0.29) is 6.10 Å². The van der Waals surface area contributed by atoms with Crippen LogP contribution in [0.1, 0.15) is 12.5 Å². The van der Waals surface area contributed by atoms with E-state index in [4.69, 9.17) is 9.47 Å². The fourth-order valence-electron chi connectivity index (χ4n) is 1.90. The van der Waals surface area contributed by atoms with Gasteiger partial charge in [0.05, 0.1) is 19.3 Å². The van der Waals surface area contributed by atoms with Gasteiger partial charge in [0, 0.05) is 17.3 Å². The molecule has 2 rings (SSSR count). The van der Waals surface area contributed by atoms with Crippen LogP contribution in [0.5, 0.6) is 0 Å². The van der Waals surface area contributed by atoms with Crippen molar-refractivity contribution < 1.29 is 9.47 Å². The van der Waals surface area contributed by atoms with Gasteiger partial charge in [0.2, 0.25) is 0 Å². The Morgan fingerprint density at radius 3 is 3.00 bits per heavy atom. The van der Waals surface area contributed by atoms with Gasteiger partial charge in [-0.15, -0.1) is 11.8 Å². The molecule has 2 atom stereocenters. The Morgan fingerprint density at radius 1 is 1.44 bits per heavy atom. The SMILES string of the molecule is COCC(C)OCC1Cc2ccccc2S1. The summed E-state index contributed by atoms with van der Waals surface area (Å²) >= 11 is 1.93. The molecule has 16 heavy (non-hydrogen) atoms. The Morgan fingerprint density at radius 2 is 2.25 bits per heavy atom. The van der Waals surface area contributed by atoms with Crippen molar-refractivity contribution in [3.05, 3.63) is 29.8 Å². The molecule has 1 aliphatic rings. The van der Waals surface area contributed by atoms with Crippen LogP contribution in [0.3, 0.4) is 0 Å². The van der Waals surface area contributed by atoms with Crippen molar-refractivity contribution in [3.63, 3.8) is 0 Å². The summed E-state index contributed by atoms with van der Waals surface area (Å²) in [5.41, 5.74) is 1.46. The van der Waals surface area contributed by atoms with Gasteiger partial charge in [-0.3, -0.25) is 0 Å². The topological polar surface area (TPSA) is 18.5 Å². The largest absolute Gasteiger partial charge is 0.382 e. The second kappa shape index (κ2) is 5.71. The summed E-state index contributed by atoms with van der Waals surface area (Å²) in [7, 11) is 1.71. The summed E-state index contributed by atoms with van der Waals surface area (Å²) in [5.74, 6) is 0. The van der Waals surface area contributed by atoms with Crippen LogP contribution in [0, 0.1) is 0 Å². The number of hydrogen-bond acceptors (Lipinski definition) is 3. The highest BCUT2D eigenvalue weighted by atomic mass is 32.2. The molecule has 2 unspecified atom stereocenters. The zero-order valence-corrected chi connectivity index (χ0v) is 10.6. The maximum absolute atomic E-state index is 5.75. The van der Waals surface area contributed by atoms with E-state index in [0.717, 1.165) is 13.0 Å². The fraction of sp³-hybridized carbons (Fsp3) is 0.538. The van der Waals surface area contributed by atoms with E-state index in [1.807, 2.05) is 11.8 Å². The molecular weight excluding hydrogens is 220 g/mol. The third-order valence-corrected chi connectivity index (χ3v) is 3.97. The van der Waals surface area contributed by atoms with Gasteiger partial charge in [-0.05, 0) is 25.0 Å². The van der Waals surface area contributed by atoms with E-state index in [0.29, 0.717) is 11.9 Å². The number of ether oxygens (including phenoxy) is 2. The molecule has 1 aliphatic heterocycles. The molecule has 1 heterocycles. The highest BCUT2D eigenvalue weighted by molar-refractivity contribution is 8.00. The van der Waals surface area contributed by atoms with E-state index in [9.17, 15) is 0 Å². The third-order valence-electron chi connectivity index (χ3n) is 2.68. The van der Waals surface area contributed by atoms with Gasteiger partial charge in [-0.25, -0.2) is 0 Å². The minimum atomic E-state index is 0.189. The molecule has 0 saturated carbocycles. The minimum absolute atomic E-state index is 0.189. The predicted molar refractivity (Wildman–Crippen MR) is 67.1 cm³/mol. The van der Waals surface area contributed by atoms with Crippen LogP contribution in [-0.2, 0) is 15.9 Å². The predicted octanol–water partition coefficient (Wildman–Crippen LogP) is 2.75. The van der Waals surface area contributed by atoms with E-state index in [1.54, 1.807) is 7.11 Å². The van der Waals surface area contributed by atoms with Crippen molar-refractivity contribution in [1.82, 2.24) is 0 Å². The number of hydrogen-bond donors (Lipinski definition) is 0. The summed E-state index contributed by atoms with van der Waals surface area (Å²) in [6.45, 7) is 3.53. The van der Waals surface area contributed by atoms with Crippen molar-refractivity contribution in [2.45, 2.75) is 29.6 Å². The normalized spacial score (nSPS) is 20.8. The Balaban J connectivity index is 1.79. The first-order valence-electron chi connectivity index (χ1n) is 5.64. The second-order valence-corrected chi connectivity index (χ2v) is 5.49. The summed E-state index contributed by atoms with van der Waals surface area (Å²) in [6.07, 6.45) is 1.31. The van der Waals surface area contributed by atoms with E-state index in [2.05, 4.69) is 31.2 Å². The van der Waals surface area contributed by atoms with E-state index in [1.165, 1.54) is 10.5 Å². The highest BCUT2D eigenvalue weighted by Gasteiger charge is 2.22. The van der Waals surface area contributed by atoms with Crippen LogP contribution >= 0.6 is 11.8 Å². The lowest BCUT2D eigenvalue weighted by molar-refractivity contribution is 0.0102. The lowest BCUT2D eigenvalue weighted by Gasteiger charge is -2.14. The first kappa shape index (κ1) is 12.0. The average Bonchev–Trinajstić information content (AvgIpc) is 2.69. The van der Waals surface area contributed by atoms with Crippen LogP contribution in [0.25, 0.3) is 0 Å². The van der Waals surface area contributed by atoms with Gasteiger partial charge >= 0.3 is 0 Å². The molecule has 0 bridgehead atoms. The lowest BCUT2D eigenvalue weighted by atomic mass is 10.1. The van der Waals surface area contributed by atoms with Gasteiger partial charge in [0.1, 0.15) is 0 Å². The molecule has 0 fully saturated rings. The van der Waals surface area contributed by atoms with E-state index < -0.39 is 0 Å². The van der Waals surface area contributed by atoms with Crippen molar-refractivity contribution in [2.75, 3.05) is 20.3 Å². The van der Waals surface area contributed by atoms with Gasteiger partial charge in [0.25, 0.3) is 0 Å². The molecule has 88 valence electrons. The molecule has 1 aromatic carbocycles. The molecule has 0 radical (unpaired) electrons. The quantitative estimate of drug-likeness (QED) is 0.786. The maximum atomic E-state index is 5.75. The molecule has 0 aromatic heterocycles. The monoisotopic (exact) mass is 238 g/mol. The summed E-state index contributed by atoms with van der Waals surface area (Å²) in [4.78, 5) is 1.41. The zero-order chi connectivity index (χ0) is 11.4. The van der Waals surface area contributed by atoms with Gasteiger partial charge in [0.15, 0.2) is 0 Å². The molecule has 3 heteroatoms. The Bertz CT molecular complexity index is 315. The van der Waals surface area contributed by atoms with Crippen LogP contribution in [0.2, 0.25) is 0 Å². The molecule has 2 nitrogen and oxygen atoms in total. The second-order valence-electron chi connectivity index (χ2n) is 4.15. The number of methoxy groups -OCH3 is 1. The maximum Gasteiger partial charge on any atom is 0.0780 e. The smallest absolute Gasteiger partial charge is 0.0780 e. The van der Waals surface area contributed by atoms with Crippen LogP contribution in [0.15, 0.2) is 29.2 Å². The number of fused-ring (bicyclic) bond motifs is 1. The number of thioether (sulfide) groups is 1. The Labute approximate surface area is 101 Å². The van der Waals surface area contributed by atoms with Crippen LogP contribution < -0.4 is 0 Å². The van der Waals surface area contributed by atoms with Crippen LogP contribution in [-0.4, -0.2) is 31.7 Å². The average molecular weight is 238 g/mol. The molecule has 0 spiro atoms. The molecular formula is C13H18O2S. The Hall–Kier alpha value is -0.510. The van der Waals surface area contributed by atoms with Gasteiger partial charge in [-0.2, -0.15) is 0 Å². The van der Waals surface area contributed by atoms with Crippen LogP contribution in [0.4, 0.5) is 0 Å². The first-order valence-corrected chi connectivity index (χ1v) is 6.52. The first-order chi connectivity index (χ1) is 7.79. The van der Waals surface area contributed by atoms with Gasteiger partial charge in [-0.1, -0.05) is 18.2 Å². The van der Waals surface area contributed by atoms with Gasteiger partial charge < -0.3 is 9.47 Å². The minimum Gasteiger partial charge on any atom is -0.382 e. The van der Waals surface area contributed by atoms with E-state index >= 15 is 0 Å². The zero-order valence-electron chi connectivity index (χ0n) is 9.81. The van der Waals surface area contributed by atoms with Crippen molar-refractivity contribution >= 4 is 11.8 Å². The van der Waals surface area contributed by atoms with Crippen molar-refractivity contribution in [1.29, 1.82) is 0 Å². The third kappa shape index (κ3) is 3.00. The molecule has 0 aliphatic carbocycles. The summed E-state index contributed by atoms with van der Waals surface area (Å²) in [5, 5.41) is 0.566. The molecule has 0 N–H and O–H groups in total. The molecule has 0 saturated heterocycles. The molecule has 1 aromatic rings. The standard InChI is InChI=1S/C13H18O2S/c1-10(8-14-2)15-9-12-7-11-5-3-4-6-13(11)16-12/h3-6,10,12H,7-9H2,1-2H3. The Kier molecular flexibility index (Phi) is 4.27. The molecule has 0 amide bonds.